The van der Waals surface area contributed by atoms with Crippen LogP contribution in [0.1, 0.15) is 43.7 Å². The van der Waals surface area contributed by atoms with Crippen molar-refractivity contribution in [2.24, 2.45) is 0 Å². The molecule has 1 saturated heterocycles. The Balaban J connectivity index is 1.97. The molecule has 0 unspecified atom stereocenters. The predicted octanol–water partition coefficient (Wildman–Crippen LogP) is 2.45. The molecule has 27 heavy (non-hydrogen) atoms. The van der Waals surface area contributed by atoms with Gasteiger partial charge in [0.2, 0.25) is 15.9 Å². The third-order valence-electron chi connectivity index (χ3n) is 4.95. The maximum absolute atomic E-state index is 12.6. The molecule has 1 amide bonds. The van der Waals surface area contributed by atoms with Gasteiger partial charge in [-0.25, -0.2) is 8.42 Å². The second kappa shape index (κ2) is 9.55. The number of rotatable bonds is 8. The third kappa shape index (κ3) is 6.50. The Morgan fingerprint density at radius 1 is 1.15 bits per heavy atom. The van der Waals surface area contributed by atoms with Crippen molar-refractivity contribution in [1.82, 2.24) is 10.2 Å². The topological polar surface area (TPSA) is 69.7 Å². The van der Waals surface area contributed by atoms with Gasteiger partial charge < -0.3 is 10.2 Å². The average molecular weight is 396 g/mol. The molecule has 2 rings (SSSR count). The number of likely N-dealkylation sites (tertiary alicyclic amines) is 1. The normalized spacial score (nSPS) is 16.7. The molecular weight excluding hydrogens is 362 g/mol. The molecule has 1 atom stereocenters. The first-order valence-corrected chi connectivity index (χ1v) is 11.6. The van der Waals surface area contributed by atoms with Crippen molar-refractivity contribution in [2.45, 2.75) is 52.5 Å². The number of nitrogens with zero attached hydrogens (tertiary/aromatic N) is 2. The zero-order chi connectivity index (χ0) is 20.0. The lowest BCUT2D eigenvalue weighted by atomic mass is 10.1. The molecule has 1 aliphatic rings. The molecule has 1 aromatic carbocycles. The van der Waals surface area contributed by atoms with Crippen LogP contribution in [0.15, 0.2) is 18.2 Å². The number of anilines is 1. The fraction of sp³-hybridized carbons (Fsp3) is 0.650. The lowest BCUT2D eigenvalue weighted by Crippen LogP contribution is -2.48. The third-order valence-corrected chi connectivity index (χ3v) is 6.19. The van der Waals surface area contributed by atoms with E-state index >= 15 is 0 Å². The molecule has 0 spiro atoms. The number of hydrogen-bond acceptors (Lipinski definition) is 4. The highest BCUT2D eigenvalue weighted by Crippen LogP contribution is 2.23. The number of aryl methyl sites for hydroxylation is 2. The lowest BCUT2D eigenvalue weighted by molar-refractivity contribution is -0.121. The van der Waals surface area contributed by atoms with Crippen LogP contribution < -0.4 is 9.62 Å². The molecule has 1 N–H and O–H groups in total. The molecule has 1 fully saturated rings. The van der Waals surface area contributed by atoms with Crippen LogP contribution in [0.5, 0.6) is 0 Å². The second-order valence-electron chi connectivity index (χ2n) is 7.63. The number of carbonyl (C=O) groups is 1. The summed E-state index contributed by atoms with van der Waals surface area (Å²) in [7, 11) is -3.58. The molecular formula is C20H33N3O3S. The Morgan fingerprint density at radius 3 is 2.30 bits per heavy atom. The molecule has 0 radical (unpaired) electrons. The standard InChI is InChI=1S/C20H33N3O3S/c1-16-13-17(2)15-19(14-16)23(27(4,25)26)18(3)20(24)21-9-8-12-22-10-6-5-7-11-22/h13-15,18H,5-12H2,1-4H3,(H,21,24)/t18-/m0/s1. The van der Waals surface area contributed by atoms with E-state index in [1.54, 1.807) is 19.1 Å². The van der Waals surface area contributed by atoms with Gasteiger partial charge in [-0.05, 0) is 82.9 Å². The Bertz CT molecular complexity index is 723. The zero-order valence-corrected chi connectivity index (χ0v) is 17.8. The highest BCUT2D eigenvalue weighted by Gasteiger charge is 2.29. The van der Waals surface area contributed by atoms with Crippen molar-refractivity contribution < 1.29 is 13.2 Å². The molecule has 1 aromatic rings. The number of sulfonamides is 1. The van der Waals surface area contributed by atoms with Gasteiger partial charge in [-0.3, -0.25) is 9.10 Å². The fourth-order valence-electron chi connectivity index (χ4n) is 3.73. The Labute approximate surface area is 164 Å². The van der Waals surface area contributed by atoms with E-state index in [9.17, 15) is 13.2 Å². The molecule has 1 aliphatic heterocycles. The summed E-state index contributed by atoms with van der Waals surface area (Å²) in [5, 5.41) is 2.90. The lowest BCUT2D eigenvalue weighted by Gasteiger charge is -2.29. The zero-order valence-electron chi connectivity index (χ0n) is 17.0. The monoisotopic (exact) mass is 395 g/mol. The molecule has 1 heterocycles. The van der Waals surface area contributed by atoms with Crippen LogP contribution in [0, 0.1) is 13.8 Å². The summed E-state index contributed by atoms with van der Waals surface area (Å²) in [4.78, 5) is 15.0. The molecule has 6 nitrogen and oxygen atoms in total. The van der Waals surface area contributed by atoms with E-state index in [0.717, 1.165) is 43.4 Å². The van der Waals surface area contributed by atoms with Gasteiger partial charge in [-0.1, -0.05) is 12.5 Å². The van der Waals surface area contributed by atoms with E-state index in [1.165, 1.54) is 23.6 Å². The van der Waals surface area contributed by atoms with Gasteiger partial charge in [-0.2, -0.15) is 0 Å². The van der Waals surface area contributed by atoms with Gasteiger partial charge in [0, 0.05) is 6.54 Å². The fourth-order valence-corrected chi connectivity index (χ4v) is 4.89. The van der Waals surface area contributed by atoms with Gasteiger partial charge in [0.25, 0.3) is 0 Å². The van der Waals surface area contributed by atoms with E-state index in [4.69, 9.17) is 0 Å². The quantitative estimate of drug-likeness (QED) is 0.687. The maximum atomic E-state index is 12.6. The molecule has 0 saturated carbocycles. The van der Waals surface area contributed by atoms with E-state index < -0.39 is 16.1 Å². The van der Waals surface area contributed by atoms with Crippen molar-refractivity contribution in [3.05, 3.63) is 29.3 Å². The van der Waals surface area contributed by atoms with E-state index in [-0.39, 0.29) is 5.91 Å². The highest BCUT2D eigenvalue weighted by molar-refractivity contribution is 7.92. The van der Waals surface area contributed by atoms with Crippen LogP contribution in [-0.2, 0) is 14.8 Å². The maximum Gasteiger partial charge on any atom is 0.243 e. The summed E-state index contributed by atoms with van der Waals surface area (Å²) >= 11 is 0. The molecule has 152 valence electrons. The largest absolute Gasteiger partial charge is 0.354 e. The predicted molar refractivity (Wildman–Crippen MR) is 111 cm³/mol. The minimum absolute atomic E-state index is 0.266. The number of piperidine rings is 1. The van der Waals surface area contributed by atoms with Gasteiger partial charge in [0.05, 0.1) is 11.9 Å². The van der Waals surface area contributed by atoms with Gasteiger partial charge in [0.1, 0.15) is 6.04 Å². The average Bonchev–Trinajstić information content (AvgIpc) is 2.57. The number of hydrogen-bond donors (Lipinski definition) is 1. The van der Waals surface area contributed by atoms with Crippen LogP contribution >= 0.6 is 0 Å². The number of amides is 1. The number of nitrogens with one attached hydrogen (secondary N) is 1. The first-order chi connectivity index (χ1) is 12.7. The molecule has 0 aliphatic carbocycles. The second-order valence-corrected chi connectivity index (χ2v) is 9.49. The minimum Gasteiger partial charge on any atom is -0.354 e. The van der Waals surface area contributed by atoms with Crippen molar-refractivity contribution in [2.75, 3.05) is 36.7 Å². The number of carbonyl (C=O) groups excluding carboxylic acids is 1. The summed E-state index contributed by atoms with van der Waals surface area (Å²) in [5.74, 6) is -0.266. The van der Waals surface area contributed by atoms with E-state index in [0.29, 0.717) is 12.2 Å². The molecule has 0 aromatic heterocycles. The Kier molecular flexibility index (Phi) is 7.68. The summed E-state index contributed by atoms with van der Waals surface area (Å²) in [6.07, 6.45) is 5.83. The van der Waals surface area contributed by atoms with Crippen LogP contribution in [0.2, 0.25) is 0 Å². The van der Waals surface area contributed by atoms with Crippen molar-refractivity contribution >= 4 is 21.6 Å². The van der Waals surface area contributed by atoms with E-state index in [1.807, 2.05) is 19.9 Å². The first-order valence-electron chi connectivity index (χ1n) is 9.76. The van der Waals surface area contributed by atoms with Gasteiger partial charge in [-0.15, -0.1) is 0 Å². The summed E-state index contributed by atoms with van der Waals surface area (Å²) < 4.78 is 26.0. The van der Waals surface area contributed by atoms with Crippen LogP contribution in [0.3, 0.4) is 0 Å². The number of benzene rings is 1. The first kappa shape index (κ1) is 21.7. The molecule has 7 heteroatoms. The molecule has 0 bridgehead atoms. The van der Waals surface area contributed by atoms with Crippen molar-refractivity contribution in [3.63, 3.8) is 0 Å². The summed E-state index contributed by atoms with van der Waals surface area (Å²) in [6, 6.07) is 4.79. The van der Waals surface area contributed by atoms with Crippen LogP contribution in [0.25, 0.3) is 0 Å². The highest BCUT2D eigenvalue weighted by atomic mass is 32.2. The Morgan fingerprint density at radius 2 is 1.74 bits per heavy atom. The van der Waals surface area contributed by atoms with Crippen LogP contribution in [0.4, 0.5) is 5.69 Å². The van der Waals surface area contributed by atoms with Crippen molar-refractivity contribution in [1.29, 1.82) is 0 Å². The summed E-state index contributed by atoms with van der Waals surface area (Å²) in [5.41, 5.74) is 2.46. The van der Waals surface area contributed by atoms with Gasteiger partial charge >= 0.3 is 0 Å². The smallest absolute Gasteiger partial charge is 0.243 e. The van der Waals surface area contributed by atoms with E-state index in [2.05, 4.69) is 10.2 Å². The summed E-state index contributed by atoms with van der Waals surface area (Å²) in [6.45, 7) is 9.28. The van der Waals surface area contributed by atoms with Gasteiger partial charge in [0.15, 0.2) is 0 Å². The van der Waals surface area contributed by atoms with Crippen molar-refractivity contribution in [3.8, 4) is 0 Å². The van der Waals surface area contributed by atoms with Crippen LogP contribution in [-0.4, -0.2) is 57.7 Å². The Hall–Kier alpha value is -1.60. The minimum atomic E-state index is -3.58. The SMILES string of the molecule is Cc1cc(C)cc(N([C@@H](C)C(=O)NCCCN2CCCCC2)S(C)(=O)=O)c1.